The van der Waals surface area contributed by atoms with Gasteiger partial charge >= 0.3 is 0 Å². The third-order valence-corrected chi connectivity index (χ3v) is 3.30. The summed E-state index contributed by atoms with van der Waals surface area (Å²) in [7, 11) is 1.71. The smallest absolute Gasteiger partial charge is 0.199 e. The van der Waals surface area contributed by atoms with Crippen molar-refractivity contribution in [3.05, 3.63) is 40.4 Å². The van der Waals surface area contributed by atoms with Gasteiger partial charge in [0.05, 0.1) is 12.3 Å². The van der Waals surface area contributed by atoms with E-state index in [2.05, 4.69) is 36.2 Å². The van der Waals surface area contributed by atoms with Crippen LogP contribution in [0.2, 0.25) is 0 Å². The Bertz CT molecular complexity index is 601. The average Bonchev–Trinajstić information content (AvgIpc) is 2.78. The molecule has 0 saturated heterocycles. The molecule has 2 rings (SSSR count). The summed E-state index contributed by atoms with van der Waals surface area (Å²) in [5.41, 5.74) is 2.30. The number of H-pyrrole nitrogens is 1. The van der Waals surface area contributed by atoms with Gasteiger partial charge in [-0.25, -0.2) is 0 Å². The van der Waals surface area contributed by atoms with Crippen LogP contribution in [0.5, 0.6) is 0 Å². The molecular weight excluding hydrogens is 258 g/mol. The second-order valence-electron chi connectivity index (χ2n) is 4.75. The Labute approximate surface area is 118 Å². The largest absolute Gasteiger partial charge is 0.384 e. The van der Waals surface area contributed by atoms with E-state index in [1.54, 1.807) is 7.11 Å². The minimum Gasteiger partial charge on any atom is -0.384 e. The van der Waals surface area contributed by atoms with E-state index in [-0.39, 0.29) is 0 Å². The monoisotopic (exact) mass is 277 g/mol. The summed E-state index contributed by atoms with van der Waals surface area (Å²) in [5, 5.41) is 7.21. The fourth-order valence-electron chi connectivity index (χ4n) is 2.08. The number of para-hydroxylation sites is 1. The molecule has 0 saturated carbocycles. The van der Waals surface area contributed by atoms with Crippen molar-refractivity contribution in [1.82, 2.24) is 14.8 Å². The standard InChI is InChI=1S/C14H19N3OS/c1-10(2)13-15-16-14(19)17(13)12-7-5-4-6-11(12)8-9-18-3/h4-7,10H,8-9H2,1-3H3,(H,16,19). The van der Waals surface area contributed by atoms with Gasteiger partial charge in [-0.05, 0) is 30.3 Å². The maximum Gasteiger partial charge on any atom is 0.199 e. The van der Waals surface area contributed by atoms with E-state index >= 15 is 0 Å². The zero-order valence-corrected chi connectivity index (χ0v) is 12.3. The molecule has 5 heteroatoms. The van der Waals surface area contributed by atoms with Crippen LogP contribution in [0.15, 0.2) is 24.3 Å². The van der Waals surface area contributed by atoms with Crippen molar-refractivity contribution in [2.75, 3.05) is 13.7 Å². The van der Waals surface area contributed by atoms with Crippen LogP contribution in [0.3, 0.4) is 0 Å². The fraction of sp³-hybridized carbons (Fsp3) is 0.429. The number of rotatable bonds is 5. The maximum atomic E-state index is 5.36. The van der Waals surface area contributed by atoms with Crippen LogP contribution >= 0.6 is 12.2 Å². The predicted octanol–water partition coefficient (Wildman–Crippen LogP) is 3.24. The molecule has 4 nitrogen and oxygen atoms in total. The molecule has 0 atom stereocenters. The van der Waals surface area contributed by atoms with Crippen molar-refractivity contribution in [3.8, 4) is 5.69 Å². The molecular formula is C14H19N3OS. The number of aromatic nitrogens is 3. The molecule has 0 aliphatic carbocycles. The Hall–Kier alpha value is -1.46. The number of nitrogens with zero attached hydrogens (tertiary/aromatic N) is 2. The van der Waals surface area contributed by atoms with E-state index in [1.807, 2.05) is 16.7 Å². The topological polar surface area (TPSA) is 42.8 Å². The molecule has 0 aliphatic heterocycles. The summed E-state index contributed by atoms with van der Waals surface area (Å²) in [6.45, 7) is 4.91. The lowest BCUT2D eigenvalue weighted by Crippen LogP contribution is -2.07. The van der Waals surface area contributed by atoms with Gasteiger partial charge in [0, 0.05) is 13.0 Å². The van der Waals surface area contributed by atoms with Crippen LogP contribution in [0.4, 0.5) is 0 Å². The lowest BCUT2D eigenvalue weighted by molar-refractivity contribution is 0.202. The van der Waals surface area contributed by atoms with E-state index in [9.17, 15) is 0 Å². The third-order valence-electron chi connectivity index (χ3n) is 3.02. The Morgan fingerprint density at radius 2 is 2.11 bits per heavy atom. The first-order valence-corrected chi connectivity index (χ1v) is 6.80. The van der Waals surface area contributed by atoms with E-state index < -0.39 is 0 Å². The second kappa shape index (κ2) is 6.12. The van der Waals surface area contributed by atoms with Crippen molar-refractivity contribution < 1.29 is 4.74 Å². The van der Waals surface area contributed by atoms with Gasteiger partial charge in [-0.15, -0.1) is 0 Å². The number of hydrogen-bond acceptors (Lipinski definition) is 3. The minimum atomic E-state index is 0.309. The molecule has 0 aliphatic rings. The number of aromatic amines is 1. The molecule has 102 valence electrons. The molecule has 0 fully saturated rings. The van der Waals surface area contributed by atoms with Crippen molar-refractivity contribution in [2.45, 2.75) is 26.2 Å². The first-order valence-electron chi connectivity index (χ1n) is 6.39. The van der Waals surface area contributed by atoms with Crippen LogP contribution in [-0.2, 0) is 11.2 Å². The molecule has 1 heterocycles. The fourth-order valence-corrected chi connectivity index (χ4v) is 2.32. The van der Waals surface area contributed by atoms with Gasteiger partial charge in [-0.3, -0.25) is 9.67 Å². The molecule has 0 bridgehead atoms. The highest BCUT2D eigenvalue weighted by atomic mass is 32.1. The molecule has 0 radical (unpaired) electrons. The zero-order valence-electron chi connectivity index (χ0n) is 11.5. The summed E-state index contributed by atoms with van der Waals surface area (Å²) >= 11 is 5.36. The first-order chi connectivity index (χ1) is 9.15. The number of methoxy groups -OCH3 is 1. The highest BCUT2D eigenvalue weighted by molar-refractivity contribution is 7.71. The Morgan fingerprint density at radius 3 is 2.79 bits per heavy atom. The Morgan fingerprint density at radius 1 is 1.37 bits per heavy atom. The zero-order chi connectivity index (χ0) is 13.8. The average molecular weight is 277 g/mol. The maximum absolute atomic E-state index is 5.36. The lowest BCUT2D eigenvalue weighted by Gasteiger charge is -2.13. The van der Waals surface area contributed by atoms with Gasteiger partial charge < -0.3 is 4.74 Å². The first kappa shape index (κ1) is 14.0. The van der Waals surface area contributed by atoms with Crippen LogP contribution < -0.4 is 0 Å². The summed E-state index contributed by atoms with van der Waals surface area (Å²) in [6, 6.07) is 8.23. The number of ether oxygens (including phenoxy) is 1. The number of nitrogens with one attached hydrogen (secondary N) is 1. The SMILES string of the molecule is COCCc1ccccc1-n1c(C(C)C)n[nH]c1=S. The van der Waals surface area contributed by atoms with E-state index in [4.69, 9.17) is 17.0 Å². The van der Waals surface area contributed by atoms with E-state index in [0.29, 0.717) is 17.3 Å². The number of hydrogen-bond donors (Lipinski definition) is 1. The second-order valence-corrected chi connectivity index (χ2v) is 5.14. The van der Waals surface area contributed by atoms with Crippen molar-refractivity contribution in [1.29, 1.82) is 0 Å². The van der Waals surface area contributed by atoms with Gasteiger partial charge in [0.1, 0.15) is 5.82 Å². The molecule has 19 heavy (non-hydrogen) atoms. The van der Waals surface area contributed by atoms with E-state index in [0.717, 1.165) is 17.9 Å². The highest BCUT2D eigenvalue weighted by Gasteiger charge is 2.14. The Kier molecular flexibility index (Phi) is 4.50. The third kappa shape index (κ3) is 2.93. The molecule has 1 aromatic carbocycles. The molecule has 1 N–H and O–H groups in total. The molecule has 0 spiro atoms. The summed E-state index contributed by atoms with van der Waals surface area (Å²) < 4.78 is 7.82. The summed E-state index contributed by atoms with van der Waals surface area (Å²) in [6.07, 6.45) is 0.858. The van der Waals surface area contributed by atoms with Crippen molar-refractivity contribution >= 4 is 12.2 Å². The van der Waals surface area contributed by atoms with Gasteiger partial charge in [0.15, 0.2) is 4.77 Å². The normalized spacial score (nSPS) is 11.2. The van der Waals surface area contributed by atoms with E-state index in [1.165, 1.54) is 5.56 Å². The lowest BCUT2D eigenvalue weighted by atomic mass is 10.1. The summed E-state index contributed by atoms with van der Waals surface area (Å²) in [4.78, 5) is 0. The summed E-state index contributed by atoms with van der Waals surface area (Å²) in [5.74, 6) is 1.26. The van der Waals surface area contributed by atoms with Crippen LogP contribution in [0.25, 0.3) is 5.69 Å². The van der Waals surface area contributed by atoms with Crippen LogP contribution in [-0.4, -0.2) is 28.5 Å². The van der Waals surface area contributed by atoms with Gasteiger partial charge in [-0.1, -0.05) is 32.0 Å². The van der Waals surface area contributed by atoms with Crippen molar-refractivity contribution in [3.63, 3.8) is 0 Å². The van der Waals surface area contributed by atoms with Gasteiger partial charge in [0.2, 0.25) is 0 Å². The molecule has 1 aromatic heterocycles. The molecule has 0 amide bonds. The van der Waals surface area contributed by atoms with Gasteiger partial charge in [-0.2, -0.15) is 5.10 Å². The van der Waals surface area contributed by atoms with Crippen molar-refractivity contribution in [2.24, 2.45) is 0 Å². The minimum absolute atomic E-state index is 0.309. The predicted molar refractivity (Wildman–Crippen MR) is 78.4 cm³/mol. The number of benzene rings is 1. The molecule has 2 aromatic rings. The highest BCUT2D eigenvalue weighted by Crippen LogP contribution is 2.21. The van der Waals surface area contributed by atoms with Gasteiger partial charge in [0.25, 0.3) is 0 Å². The Balaban J connectivity index is 2.52. The molecule has 0 unspecified atom stereocenters. The van der Waals surface area contributed by atoms with Crippen LogP contribution in [0.1, 0.15) is 31.2 Å². The quantitative estimate of drug-likeness (QED) is 0.853. The van der Waals surface area contributed by atoms with Crippen LogP contribution in [0, 0.1) is 4.77 Å².